The third kappa shape index (κ3) is 10.1. The standard InChI is InChI=1S/C22H33N5O8/c1-11(28)17(20(32)25-15(22(34)35)10-13-6-4-3-5-7-13)27-21(33)18(12(2)29)26-19(31)14(23)8-9-16(24)30/h3-7,11-12,14-15,17-18,28-29H,8-10,23H2,1-2H3,(H2,24,30)(H,25,32)(H,26,31)(H,27,33)(H,34,35). The molecule has 0 bridgehead atoms. The van der Waals surface area contributed by atoms with Gasteiger partial charge in [-0.2, -0.15) is 0 Å². The number of aliphatic hydroxyl groups is 2. The highest BCUT2D eigenvalue weighted by atomic mass is 16.4. The lowest BCUT2D eigenvalue weighted by atomic mass is 10.0. The van der Waals surface area contributed by atoms with Gasteiger partial charge in [0.1, 0.15) is 18.1 Å². The van der Waals surface area contributed by atoms with Gasteiger partial charge in [-0.15, -0.1) is 0 Å². The summed E-state index contributed by atoms with van der Waals surface area (Å²) in [6.45, 7) is 2.41. The number of hydrogen-bond donors (Lipinski definition) is 8. The van der Waals surface area contributed by atoms with E-state index in [1.54, 1.807) is 30.3 Å². The van der Waals surface area contributed by atoms with E-state index in [2.05, 4.69) is 16.0 Å². The fraction of sp³-hybridized carbons (Fsp3) is 0.500. The van der Waals surface area contributed by atoms with Gasteiger partial charge in [0, 0.05) is 12.8 Å². The van der Waals surface area contributed by atoms with Gasteiger partial charge >= 0.3 is 5.97 Å². The highest BCUT2D eigenvalue weighted by molar-refractivity contribution is 5.94. The molecule has 0 spiro atoms. The first-order valence-corrected chi connectivity index (χ1v) is 10.9. The molecule has 0 aliphatic rings. The predicted octanol–water partition coefficient (Wildman–Crippen LogP) is -2.88. The number of carbonyl (C=O) groups is 5. The maximum atomic E-state index is 12.7. The molecule has 0 aliphatic heterocycles. The number of carboxylic acid groups (broad SMARTS) is 1. The summed E-state index contributed by atoms with van der Waals surface area (Å²) in [6, 6.07) is 2.83. The molecule has 0 saturated carbocycles. The molecular formula is C22H33N5O8. The van der Waals surface area contributed by atoms with Crippen LogP contribution in [-0.2, 0) is 30.4 Å². The van der Waals surface area contributed by atoms with Gasteiger partial charge in [0.25, 0.3) is 0 Å². The largest absolute Gasteiger partial charge is 0.480 e. The van der Waals surface area contributed by atoms with Crippen molar-refractivity contribution in [3.8, 4) is 0 Å². The lowest BCUT2D eigenvalue weighted by molar-refractivity contribution is -0.143. The normalized spacial score (nSPS) is 16.0. The summed E-state index contributed by atoms with van der Waals surface area (Å²) in [5.74, 6) is -4.84. The minimum Gasteiger partial charge on any atom is -0.480 e. The number of nitrogens with one attached hydrogen (secondary N) is 3. The summed E-state index contributed by atoms with van der Waals surface area (Å²) in [4.78, 5) is 60.2. The molecule has 0 saturated heterocycles. The van der Waals surface area contributed by atoms with Gasteiger partial charge in [-0.3, -0.25) is 19.2 Å². The van der Waals surface area contributed by atoms with Crippen molar-refractivity contribution >= 4 is 29.6 Å². The Balaban J connectivity index is 2.90. The van der Waals surface area contributed by atoms with E-state index in [9.17, 15) is 39.3 Å². The number of aliphatic carboxylic acids is 1. The fourth-order valence-corrected chi connectivity index (χ4v) is 3.05. The Morgan fingerprint density at radius 1 is 0.857 bits per heavy atom. The van der Waals surface area contributed by atoms with Crippen LogP contribution in [0.25, 0.3) is 0 Å². The first-order valence-electron chi connectivity index (χ1n) is 10.9. The molecule has 1 aromatic carbocycles. The van der Waals surface area contributed by atoms with Gasteiger partial charge in [-0.05, 0) is 25.8 Å². The Hall–Kier alpha value is -3.55. The van der Waals surface area contributed by atoms with E-state index in [0.717, 1.165) is 0 Å². The molecule has 13 heteroatoms. The Kier molecular flexibility index (Phi) is 11.8. The summed E-state index contributed by atoms with van der Waals surface area (Å²) in [5, 5.41) is 36.2. The predicted molar refractivity (Wildman–Crippen MR) is 123 cm³/mol. The van der Waals surface area contributed by atoms with E-state index in [4.69, 9.17) is 11.5 Å². The van der Waals surface area contributed by atoms with Crippen LogP contribution in [0.1, 0.15) is 32.3 Å². The molecule has 1 rings (SSSR count). The molecule has 0 heterocycles. The van der Waals surface area contributed by atoms with Crippen LogP contribution in [-0.4, -0.2) is 81.3 Å². The van der Waals surface area contributed by atoms with E-state index < -0.39 is 66.0 Å². The van der Waals surface area contributed by atoms with Crippen molar-refractivity contribution in [3.05, 3.63) is 35.9 Å². The Labute approximate surface area is 202 Å². The van der Waals surface area contributed by atoms with Gasteiger partial charge < -0.3 is 42.7 Å². The molecule has 10 N–H and O–H groups in total. The molecule has 0 aliphatic carbocycles. The first kappa shape index (κ1) is 29.5. The van der Waals surface area contributed by atoms with Gasteiger partial charge in [0.05, 0.1) is 18.2 Å². The van der Waals surface area contributed by atoms with Crippen molar-refractivity contribution in [2.75, 3.05) is 0 Å². The number of amides is 4. The van der Waals surface area contributed by atoms with Crippen molar-refractivity contribution in [2.45, 2.75) is 69.5 Å². The zero-order chi connectivity index (χ0) is 26.7. The van der Waals surface area contributed by atoms with Crippen molar-refractivity contribution in [1.82, 2.24) is 16.0 Å². The highest BCUT2D eigenvalue weighted by Crippen LogP contribution is 2.06. The van der Waals surface area contributed by atoms with Crippen LogP contribution in [0.2, 0.25) is 0 Å². The van der Waals surface area contributed by atoms with Crippen LogP contribution in [0.5, 0.6) is 0 Å². The maximum absolute atomic E-state index is 12.7. The Morgan fingerprint density at radius 2 is 1.34 bits per heavy atom. The van der Waals surface area contributed by atoms with Crippen LogP contribution in [0.4, 0.5) is 0 Å². The minimum absolute atomic E-state index is 0.0437. The average Bonchev–Trinajstić information content (AvgIpc) is 2.78. The van der Waals surface area contributed by atoms with Crippen LogP contribution in [0, 0.1) is 0 Å². The second-order valence-corrected chi connectivity index (χ2v) is 8.15. The number of benzene rings is 1. The van der Waals surface area contributed by atoms with E-state index >= 15 is 0 Å². The molecule has 6 atom stereocenters. The van der Waals surface area contributed by atoms with Crippen LogP contribution < -0.4 is 27.4 Å². The maximum Gasteiger partial charge on any atom is 0.326 e. The zero-order valence-corrected chi connectivity index (χ0v) is 19.5. The molecule has 1 aromatic rings. The number of carboxylic acids is 1. The summed E-state index contributed by atoms with van der Waals surface area (Å²) in [6.07, 6.45) is -3.18. The number of aliphatic hydroxyl groups excluding tert-OH is 2. The van der Waals surface area contributed by atoms with Gasteiger partial charge in [-0.1, -0.05) is 30.3 Å². The smallest absolute Gasteiger partial charge is 0.326 e. The number of hydrogen-bond acceptors (Lipinski definition) is 8. The lowest BCUT2D eigenvalue weighted by Gasteiger charge is -2.27. The highest BCUT2D eigenvalue weighted by Gasteiger charge is 2.34. The molecule has 194 valence electrons. The summed E-state index contributed by atoms with van der Waals surface area (Å²) in [7, 11) is 0. The molecule has 35 heavy (non-hydrogen) atoms. The second kappa shape index (κ2) is 14.0. The Morgan fingerprint density at radius 3 is 1.80 bits per heavy atom. The monoisotopic (exact) mass is 495 g/mol. The van der Waals surface area contributed by atoms with Gasteiger partial charge in [-0.25, -0.2) is 4.79 Å². The zero-order valence-electron chi connectivity index (χ0n) is 19.5. The molecular weight excluding hydrogens is 462 g/mol. The van der Waals surface area contributed by atoms with E-state index in [1.165, 1.54) is 13.8 Å². The van der Waals surface area contributed by atoms with Crippen molar-refractivity contribution < 1.29 is 39.3 Å². The topological polar surface area (TPSA) is 234 Å². The Bertz CT molecular complexity index is 893. The number of carbonyl (C=O) groups excluding carboxylic acids is 4. The molecule has 6 unspecified atom stereocenters. The number of rotatable bonds is 14. The van der Waals surface area contributed by atoms with Crippen molar-refractivity contribution in [3.63, 3.8) is 0 Å². The van der Waals surface area contributed by atoms with Gasteiger partial charge in [0.15, 0.2) is 0 Å². The fourth-order valence-electron chi connectivity index (χ4n) is 3.05. The summed E-state index contributed by atoms with van der Waals surface area (Å²) in [5.41, 5.74) is 11.3. The van der Waals surface area contributed by atoms with Gasteiger partial charge in [0.2, 0.25) is 23.6 Å². The van der Waals surface area contributed by atoms with Crippen molar-refractivity contribution in [2.24, 2.45) is 11.5 Å². The SMILES string of the molecule is CC(O)C(NC(=O)C(N)CCC(N)=O)C(=O)NC(C(=O)NC(Cc1ccccc1)C(=O)O)C(C)O. The van der Waals surface area contributed by atoms with Crippen LogP contribution in [0.3, 0.4) is 0 Å². The average molecular weight is 496 g/mol. The second-order valence-electron chi connectivity index (χ2n) is 8.15. The number of primary amides is 1. The van der Waals surface area contributed by atoms with E-state index in [1.807, 2.05) is 0 Å². The first-order chi connectivity index (χ1) is 16.3. The summed E-state index contributed by atoms with van der Waals surface area (Å²) >= 11 is 0. The van der Waals surface area contributed by atoms with E-state index in [-0.39, 0.29) is 19.3 Å². The minimum atomic E-state index is -1.60. The molecule has 0 fully saturated rings. The molecule has 0 aromatic heterocycles. The third-order valence-electron chi connectivity index (χ3n) is 5.06. The molecule has 13 nitrogen and oxygen atoms in total. The van der Waals surface area contributed by atoms with Crippen molar-refractivity contribution in [1.29, 1.82) is 0 Å². The molecule has 0 radical (unpaired) electrons. The van der Waals surface area contributed by atoms with E-state index in [0.29, 0.717) is 5.56 Å². The quantitative estimate of drug-likeness (QED) is 0.132. The lowest BCUT2D eigenvalue weighted by Crippen LogP contribution is -2.62. The van der Waals surface area contributed by atoms with Crippen LogP contribution in [0.15, 0.2) is 30.3 Å². The number of nitrogens with two attached hydrogens (primary N) is 2. The molecule has 4 amide bonds. The summed E-state index contributed by atoms with van der Waals surface area (Å²) < 4.78 is 0. The van der Waals surface area contributed by atoms with Crippen LogP contribution >= 0.6 is 0 Å². The third-order valence-corrected chi connectivity index (χ3v) is 5.06.